The standard InChI is InChI=1S/C10H17N3S2/c1-2-13-4-3-12-10(13)9(11)8-7-14-5-6-15-8/h3-4,8-9H,2,5-7,11H2,1H3. The summed E-state index contributed by atoms with van der Waals surface area (Å²) in [5.74, 6) is 4.67. The lowest BCUT2D eigenvalue weighted by Crippen LogP contribution is -2.31. The predicted molar refractivity (Wildman–Crippen MR) is 68.4 cm³/mol. The number of aromatic nitrogens is 2. The van der Waals surface area contributed by atoms with Crippen molar-refractivity contribution in [1.29, 1.82) is 0 Å². The van der Waals surface area contributed by atoms with Crippen LogP contribution in [0.1, 0.15) is 18.8 Å². The summed E-state index contributed by atoms with van der Waals surface area (Å²) in [5.41, 5.74) is 6.27. The normalized spacial score (nSPS) is 24.0. The highest BCUT2D eigenvalue weighted by Crippen LogP contribution is 2.31. The summed E-state index contributed by atoms with van der Waals surface area (Å²) >= 11 is 3.99. The number of hydrogen-bond acceptors (Lipinski definition) is 4. The molecule has 0 saturated carbocycles. The molecule has 1 saturated heterocycles. The van der Waals surface area contributed by atoms with Gasteiger partial charge in [-0.3, -0.25) is 0 Å². The Bertz CT molecular complexity index is 307. The summed E-state index contributed by atoms with van der Waals surface area (Å²) in [6, 6.07) is 0.0812. The van der Waals surface area contributed by atoms with Crippen LogP contribution in [0, 0.1) is 0 Å². The maximum absolute atomic E-state index is 6.27. The molecule has 2 heterocycles. The molecule has 1 aromatic rings. The van der Waals surface area contributed by atoms with E-state index in [2.05, 4.69) is 16.5 Å². The summed E-state index contributed by atoms with van der Waals surface area (Å²) < 4.78 is 2.14. The lowest BCUT2D eigenvalue weighted by atomic mass is 10.2. The van der Waals surface area contributed by atoms with Gasteiger partial charge in [-0.15, -0.1) is 0 Å². The van der Waals surface area contributed by atoms with Crippen molar-refractivity contribution < 1.29 is 0 Å². The van der Waals surface area contributed by atoms with Crippen LogP contribution in [0.3, 0.4) is 0 Å². The first-order valence-corrected chi connectivity index (χ1v) is 7.49. The molecule has 1 aliphatic heterocycles. The molecule has 0 amide bonds. The molecule has 2 rings (SSSR count). The Morgan fingerprint density at radius 2 is 2.53 bits per heavy atom. The number of nitrogens with zero attached hydrogens (tertiary/aromatic N) is 2. The summed E-state index contributed by atoms with van der Waals surface area (Å²) in [7, 11) is 0. The maximum Gasteiger partial charge on any atom is 0.126 e. The monoisotopic (exact) mass is 243 g/mol. The van der Waals surface area contributed by atoms with E-state index in [1.165, 1.54) is 11.5 Å². The molecule has 5 heteroatoms. The van der Waals surface area contributed by atoms with E-state index >= 15 is 0 Å². The van der Waals surface area contributed by atoms with Crippen LogP contribution in [-0.2, 0) is 6.54 Å². The van der Waals surface area contributed by atoms with Gasteiger partial charge in [-0.25, -0.2) is 4.98 Å². The quantitative estimate of drug-likeness (QED) is 0.878. The number of nitrogens with two attached hydrogens (primary N) is 1. The molecule has 1 aromatic heterocycles. The molecule has 15 heavy (non-hydrogen) atoms. The third-order valence-electron chi connectivity index (χ3n) is 2.63. The molecule has 0 aliphatic carbocycles. The van der Waals surface area contributed by atoms with Gasteiger partial charge in [0.05, 0.1) is 6.04 Å². The average Bonchev–Trinajstić information content (AvgIpc) is 2.77. The van der Waals surface area contributed by atoms with Gasteiger partial charge in [-0.2, -0.15) is 23.5 Å². The lowest BCUT2D eigenvalue weighted by Gasteiger charge is -2.26. The van der Waals surface area contributed by atoms with Gasteiger partial charge in [-0.05, 0) is 6.92 Å². The zero-order valence-electron chi connectivity index (χ0n) is 8.93. The first-order valence-electron chi connectivity index (χ1n) is 5.29. The van der Waals surface area contributed by atoms with Crippen LogP contribution >= 0.6 is 23.5 Å². The van der Waals surface area contributed by atoms with Crippen molar-refractivity contribution in [2.24, 2.45) is 5.73 Å². The Morgan fingerprint density at radius 3 is 3.20 bits per heavy atom. The van der Waals surface area contributed by atoms with Crippen molar-refractivity contribution in [2.75, 3.05) is 17.3 Å². The highest BCUT2D eigenvalue weighted by atomic mass is 32.2. The van der Waals surface area contributed by atoms with E-state index < -0.39 is 0 Å². The molecule has 1 aliphatic rings. The van der Waals surface area contributed by atoms with E-state index in [9.17, 15) is 0 Å². The van der Waals surface area contributed by atoms with E-state index in [0.29, 0.717) is 5.25 Å². The van der Waals surface area contributed by atoms with Crippen LogP contribution in [0.15, 0.2) is 12.4 Å². The molecule has 2 unspecified atom stereocenters. The van der Waals surface area contributed by atoms with Crippen LogP contribution in [0.25, 0.3) is 0 Å². The second kappa shape index (κ2) is 5.27. The van der Waals surface area contributed by atoms with Gasteiger partial charge in [0.15, 0.2) is 0 Å². The van der Waals surface area contributed by atoms with Crippen LogP contribution in [-0.4, -0.2) is 32.1 Å². The molecule has 0 aromatic carbocycles. The van der Waals surface area contributed by atoms with E-state index in [4.69, 9.17) is 5.73 Å². The van der Waals surface area contributed by atoms with Crippen molar-refractivity contribution in [3.05, 3.63) is 18.2 Å². The van der Waals surface area contributed by atoms with Crippen molar-refractivity contribution in [3.63, 3.8) is 0 Å². The van der Waals surface area contributed by atoms with E-state index in [0.717, 1.165) is 18.1 Å². The Hall–Kier alpha value is -0.130. The second-order valence-electron chi connectivity index (χ2n) is 3.58. The summed E-state index contributed by atoms with van der Waals surface area (Å²) in [6.45, 7) is 3.08. The Kier molecular flexibility index (Phi) is 3.99. The molecular formula is C10H17N3S2. The highest BCUT2D eigenvalue weighted by Gasteiger charge is 2.25. The highest BCUT2D eigenvalue weighted by molar-refractivity contribution is 8.06. The van der Waals surface area contributed by atoms with Gasteiger partial charge in [-0.1, -0.05) is 0 Å². The summed E-state index contributed by atoms with van der Waals surface area (Å²) in [5, 5.41) is 0.524. The smallest absolute Gasteiger partial charge is 0.126 e. The van der Waals surface area contributed by atoms with Gasteiger partial charge < -0.3 is 10.3 Å². The van der Waals surface area contributed by atoms with Gasteiger partial charge >= 0.3 is 0 Å². The fourth-order valence-electron chi connectivity index (χ4n) is 1.77. The zero-order chi connectivity index (χ0) is 10.7. The van der Waals surface area contributed by atoms with Gasteiger partial charge in [0.25, 0.3) is 0 Å². The summed E-state index contributed by atoms with van der Waals surface area (Å²) in [6.07, 6.45) is 3.86. The molecule has 3 nitrogen and oxygen atoms in total. The van der Waals surface area contributed by atoms with Gasteiger partial charge in [0.1, 0.15) is 5.82 Å². The largest absolute Gasteiger partial charge is 0.334 e. The van der Waals surface area contributed by atoms with Crippen LogP contribution < -0.4 is 5.73 Å². The lowest BCUT2D eigenvalue weighted by molar-refractivity contribution is 0.600. The molecule has 2 N–H and O–H groups in total. The van der Waals surface area contributed by atoms with Crippen molar-refractivity contribution in [1.82, 2.24) is 9.55 Å². The predicted octanol–water partition coefficient (Wildman–Crippen LogP) is 1.75. The molecule has 84 valence electrons. The van der Waals surface area contributed by atoms with Gasteiger partial charge in [0, 0.05) is 41.4 Å². The minimum Gasteiger partial charge on any atom is -0.334 e. The van der Waals surface area contributed by atoms with Crippen LogP contribution in [0.4, 0.5) is 0 Å². The third kappa shape index (κ3) is 2.52. The van der Waals surface area contributed by atoms with Crippen LogP contribution in [0.5, 0.6) is 0 Å². The van der Waals surface area contributed by atoms with E-state index in [-0.39, 0.29) is 6.04 Å². The van der Waals surface area contributed by atoms with E-state index in [1.807, 2.05) is 35.9 Å². The first kappa shape index (κ1) is 11.4. The second-order valence-corrected chi connectivity index (χ2v) is 6.08. The number of imidazole rings is 1. The Morgan fingerprint density at radius 1 is 1.67 bits per heavy atom. The fourth-order valence-corrected chi connectivity index (χ4v) is 4.53. The number of aryl methyl sites for hydroxylation is 1. The molecule has 0 radical (unpaired) electrons. The molecule has 0 spiro atoms. The zero-order valence-corrected chi connectivity index (χ0v) is 10.6. The Balaban J connectivity index is 2.08. The molecule has 1 fully saturated rings. The van der Waals surface area contributed by atoms with Crippen molar-refractivity contribution >= 4 is 23.5 Å². The molecule has 0 bridgehead atoms. The number of thioether (sulfide) groups is 2. The van der Waals surface area contributed by atoms with E-state index in [1.54, 1.807) is 0 Å². The minimum atomic E-state index is 0.0812. The van der Waals surface area contributed by atoms with Crippen molar-refractivity contribution in [2.45, 2.75) is 24.8 Å². The molecule has 2 atom stereocenters. The third-order valence-corrected chi connectivity index (χ3v) is 5.51. The number of rotatable bonds is 3. The summed E-state index contributed by atoms with van der Waals surface area (Å²) in [4.78, 5) is 4.38. The first-order chi connectivity index (χ1) is 7.33. The topological polar surface area (TPSA) is 43.8 Å². The molecular weight excluding hydrogens is 226 g/mol. The van der Waals surface area contributed by atoms with Crippen molar-refractivity contribution in [3.8, 4) is 0 Å². The fraction of sp³-hybridized carbons (Fsp3) is 0.700. The Labute approximate surface area is 99.2 Å². The SMILES string of the molecule is CCn1ccnc1C(N)C1CSCCS1. The average molecular weight is 243 g/mol. The number of hydrogen-bond donors (Lipinski definition) is 1. The van der Waals surface area contributed by atoms with Crippen LogP contribution in [0.2, 0.25) is 0 Å². The minimum absolute atomic E-state index is 0.0812. The van der Waals surface area contributed by atoms with Gasteiger partial charge in [0.2, 0.25) is 0 Å². The maximum atomic E-state index is 6.27.